The number of rotatable bonds is 19. The van der Waals surface area contributed by atoms with Crippen LogP contribution in [0.2, 0.25) is 0 Å². The molecule has 27 heavy (non-hydrogen) atoms. The van der Waals surface area contributed by atoms with Crippen LogP contribution >= 0.6 is 0 Å². The van der Waals surface area contributed by atoms with Gasteiger partial charge in [0, 0.05) is 6.61 Å². The molecule has 0 rings (SSSR count). The van der Waals surface area contributed by atoms with Crippen LogP contribution in [0.15, 0.2) is 12.2 Å². The molecule has 0 saturated heterocycles. The Hall–Kier alpha value is -0.910. The van der Waals surface area contributed by atoms with Crippen LogP contribution in [0.4, 0.5) is 0 Å². The number of aliphatic hydroxyl groups is 3. The molecule has 0 spiro atoms. The van der Waals surface area contributed by atoms with E-state index in [4.69, 9.17) is 5.11 Å². The highest BCUT2D eigenvalue weighted by Crippen LogP contribution is 2.19. The summed E-state index contributed by atoms with van der Waals surface area (Å²) in [6, 6.07) is 0. The number of hydrogen-bond donors (Lipinski definition) is 4. The molecule has 0 saturated carbocycles. The van der Waals surface area contributed by atoms with Gasteiger partial charge in [0.25, 0.3) is 0 Å². The van der Waals surface area contributed by atoms with Crippen molar-refractivity contribution in [3.8, 4) is 0 Å². The van der Waals surface area contributed by atoms with Gasteiger partial charge in [-0.1, -0.05) is 64.0 Å². The Labute approximate surface area is 165 Å². The fourth-order valence-corrected chi connectivity index (χ4v) is 3.26. The molecule has 4 N–H and O–H groups in total. The molecule has 0 heterocycles. The molecule has 3 atom stereocenters. The fourth-order valence-electron chi connectivity index (χ4n) is 3.26. The van der Waals surface area contributed by atoms with E-state index < -0.39 is 18.0 Å². The molecule has 0 aromatic rings. The lowest BCUT2D eigenvalue weighted by atomic mass is 9.92. The van der Waals surface area contributed by atoms with Crippen molar-refractivity contribution in [1.82, 2.24) is 0 Å². The maximum atomic E-state index is 11.2. The summed E-state index contributed by atoms with van der Waals surface area (Å²) in [5.74, 6) is -1.67. The minimum absolute atomic E-state index is 0.0210. The van der Waals surface area contributed by atoms with Crippen molar-refractivity contribution < 1.29 is 25.2 Å². The zero-order chi connectivity index (χ0) is 20.3. The molecule has 160 valence electrons. The van der Waals surface area contributed by atoms with Gasteiger partial charge < -0.3 is 20.4 Å². The second kappa shape index (κ2) is 18.5. The Bertz CT molecular complexity index is 370. The predicted octanol–water partition coefficient (Wildman–Crippen LogP) is 4.44. The standard InChI is InChI=1S/C22H42O5/c1-2-3-4-10-14-19(24)15-11-8-6-5-7-9-12-16-20(22(26)27)21(25)17-13-18-23/h8,11,19-21,23-25H,2-7,9-10,12-18H2,1H3,(H,26,27)/b11-8-/t19-,20?,21?/m1/s1. The second-order valence-electron chi connectivity index (χ2n) is 7.58. The Morgan fingerprint density at radius 3 is 2.19 bits per heavy atom. The van der Waals surface area contributed by atoms with E-state index in [1.807, 2.05) is 0 Å². The molecular weight excluding hydrogens is 344 g/mol. The molecule has 0 aromatic carbocycles. The zero-order valence-corrected chi connectivity index (χ0v) is 17.2. The normalized spacial score (nSPS) is 15.1. The topological polar surface area (TPSA) is 98.0 Å². The fraction of sp³-hybridized carbons (Fsp3) is 0.864. The average molecular weight is 387 g/mol. The van der Waals surface area contributed by atoms with E-state index >= 15 is 0 Å². The van der Waals surface area contributed by atoms with E-state index in [1.54, 1.807) is 0 Å². The number of hydrogen-bond acceptors (Lipinski definition) is 4. The van der Waals surface area contributed by atoms with Crippen LogP contribution in [0.3, 0.4) is 0 Å². The average Bonchev–Trinajstić information content (AvgIpc) is 2.64. The smallest absolute Gasteiger partial charge is 0.309 e. The van der Waals surface area contributed by atoms with Crippen molar-refractivity contribution in [2.24, 2.45) is 5.92 Å². The molecule has 0 radical (unpaired) electrons. The third-order valence-corrected chi connectivity index (χ3v) is 5.04. The van der Waals surface area contributed by atoms with Crippen LogP contribution in [-0.4, -0.2) is 45.2 Å². The molecular formula is C22H42O5. The summed E-state index contributed by atoms with van der Waals surface area (Å²) in [4.78, 5) is 11.2. The lowest BCUT2D eigenvalue weighted by Gasteiger charge is -2.18. The minimum Gasteiger partial charge on any atom is -0.481 e. The predicted molar refractivity (Wildman–Crippen MR) is 110 cm³/mol. The Morgan fingerprint density at radius 2 is 1.52 bits per heavy atom. The quantitative estimate of drug-likeness (QED) is 0.194. The number of unbranched alkanes of at least 4 members (excludes halogenated alkanes) is 7. The van der Waals surface area contributed by atoms with Crippen molar-refractivity contribution in [2.45, 2.75) is 109 Å². The van der Waals surface area contributed by atoms with Gasteiger partial charge in [-0.05, 0) is 44.9 Å². The summed E-state index contributed by atoms with van der Waals surface area (Å²) in [6.45, 7) is 2.17. The molecule has 5 nitrogen and oxygen atoms in total. The van der Waals surface area contributed by atoms with Crippen LogP contribution in [0.1, 0.15) is 96.8 Å². The molecule has 0 aromatic heterocycles. The van der Waals surface area contributed by atoms with Gasteiger partial charge in [0.1, 0.15) is 0 Å². The van der Waals surface area contributed by atoms with Crippen LogP contribution in [0, 0.1) is 5.92 Å². The zero-order valence-electron chi connectivity index (χ0n) is 17.2. The summed E-state index contributed by atoms with van der Waals surface area (Å²) < 4.78 is 0. The van der Waals surface area contributed by atoms with Gasteiger partial charge in [-0.2, -0.15) is 0 Å². The summed E-state index contributed by atoms with van der Waals surface area (Å²) in [5, 5.41) is 37.8. The Kier molecular flexibility index (Phi) is 17.8. The number of carbonyl (C=O) groups is 1. The van der Waals surface area contributed by atoms with Crippen LogP contribution < -0.4 is 0 Å². The first kappa shape index (κ1) is 26.1. The van der Waals surface area contributed by atoms with Gasteiger partial charge >= 0.3 is 5.97 Å². The molecule has 5 heteroatoms. The van der Waals surface area contributed by atoms with E-state index in [0.717, 1.165) is 51.4 Å². The minimum atomic E-state index is -0.948. The molecule has 2 unspecified atom stereocenters. The number of aliphatic carboxylic acids is 1. The second-order valence-corrected chi connectivity index (χ2v) is 7.58. The molecule has 0 bridgehead atoms. The maximum absolute atomic E-state index is 11.2. The van der Waals surface area contributed by atoms with Gasteiger partial charge in [0.15, 0.2) is 0 Å². The van der Waals surface area contributed by atoms with Crippen molar-refractivity contribution in [2.75, 3.05) is 6.61 Å². The summed E-state index contributed by atoms with van der Waals surface area (Å²) in [6.07, 6.45) is 15.6. The van der Waals surface area contributed by atoms with Gasteiger partial charge in [-0.3, -0.25) is 4.79 Å². The van der Waals surface area contributed by atoms with E-state index in [9.17, 15) is 20.1 Å². The highest BCUT2D eigenvalue weighted by molar-refractivity contribution is 5.70. The van der Waals surface area contributed by atoms with Crippen molar-refractivity contribution in [3.63, 3.8) is 0 Å². The number of aliphatic hydroxyl groups excluding tert-OH is 3. The van der Waals surface area contributed by atoms with E-state index in [1.165, 1.54) is 19.3 Å². The van der Waals surface area contributed by atoms with Gasteiger partial charge in [0.2, 0.25) is 0 Å². The van der Waals surface area contributed by atoms with Crippen LogP contribution in [-0.2, 0) is 4.79 Å². The largest absolute Gasteiger partial charge is 0.481 e. The van der Waals surface area contributed by atoms with Crippen molar-refractivity contribution in [3.05, 3.63) is 12.2 Å². The summed E-state index contributed by atoms with van der Waals surface area (Å²) >= 11 is 0. The molecule has 0 amide bonds. The third-order valence-electron chi connectivity index (χ3n) is 5.04. The first-order valence-corrected chi connectivity index (χ1v) is 10.9. The monoisotopic (exact) mass is 386 g/mol. The molecule has 0 aliphatic carbocycles. The van der Waals surface area contributed by atoms with Crippen molar-refractivity contribution >= 4 is 5.97 Å². The molecule has 0 fully saturated rings. The highest BCUT2D eigenvalue weighted by Gasteiger charge is 2.25. The SMILES string of the molecule is CCCCCC[C@@H](O)C/C=C\CCCCCCC(C(=O)O)C(O)CCCO. The maximum Gasteiger partial charge on any atom is 0.309 e. The molecule has 0 aliphatic heterocycles. The third kappa shape index (κ3) is 15.8. The Balaban J connectivity index is 3.67. The van der Waals surface area contributed by atoms with E-state index in [0.29, 0.717) is 19.3 Å². The number of carboxylic acid groups (broad SMARTS) is 1. The first-order chi connectivity index (χ1) is 13.0. The van der Waals surface area contributed by atoms with Crippen LogP contribution in [0.25, 0.3) is 0 Å². The van der Waals surface area contributed by atoms with E-state index in [-0.39, 0.29) is 12.7 Å². The van der Waals surface area contributed by atoms with Gasteiger partial charge in [-0.25, -0.2) is 0 Å². The van der Waals surface area contributed by atoms with Gasteiger partial charge in [0.05, 0.1) is 18.1 Å². The molecule has 0 aliphatic rings. The van der Waals surface area contributed by atoms with Gasteiger partial charge in [-0.15, -0.1) is 0 Å². The first-order valence-electron chi connectivity index (χ1n) is 10.9. The van der Waals surface area contributed by atoms with Crippen molar-refractivity contribution in [1.29, 1.82) is 0 Å². The van der Waals surface area contributed by atoms with E-state index in [2.05, 4.69) is 19.1 Å². The highest BCUT2D eigenvalue weighted by atomic mass is 16.4. The lowest BCUT2D eigenvalue weighted by molar-refractivity contribution is -0.146. The Morgan fingerprint density at radius 1 is 0.852 bits per heavy atom. The summed E-state index contributed by atoms with van der Waals surface area (Å²) in [5.41, 5.74) is 0. The van der Waals surface area contributed by atoms with Crippen LogP contribution in [0.5, 0.6) is 0 Å². The lowest BCUT2D eigenvalue weighted by Crippen LogP contribution is -2.28. The summed E-state index contributed by atoms with van der Waals surface area (Å²) in [7, 11) is 0. The number of carboxylic acids is 1. The number of allylic oxidation sites excluding steroid dienone is 1.